The second-order valence-electron chi connectivity index (χ2n) is 10.4. The van der Waals surface area contributed by atoms with Gasteiger partial charge in [-0.25, -0.2) is 4.79 Å². The third-order valence-corrected chi connectivity index (χ3v) is 6.93. The zero-order valence-electron chi connectivity index (χ0n) is 23.0. The lowest BCUT2D eigenvalue weighted by atomic mass is 9.83. The highest BCUT2D eigenvalue weighted by Crippen LogP contribution is 2.48. The van der Waals surface area contributed by atoms with E-state index in [2.05, 4.69) is 0 Å². The average molecular weight is 537 g/mol. The van der Waals surface area contributed by atoms with Gasteiger partial charge in [0.05, 0.1) is 25.7 Å². The zero-order valence-corrected chi connectivity index (χ0v) is 23.0. The van der Waals surface area contributed by atoms with Gasteiger partial charge >= 0.3 is 11.9 Å². The Hall–Kier alpha value is -3.81. The normalized spacial score (nSPS) is 20.4. The van der Waals surface area contributed by atoms with Crippen LogP contribution in [0, 0.1) is 0 Å². The molecule has 0 fully saturated rings. The van der Waals surface area contributed by atoms with Gasteiger partial charge in [-0.3, -0.25) is 9.59 Å². The van der Waals surface area contributed by atoms with Crippen LogP contribution < -0.4 is 14.2 Å². The van der Waals surface area contributed by atoms with Crippen molar-refractivity contribution >= 4 is 23.8 Å². The van der Waals surface area contributed by atoms with Crippen molar-refractivity contribution in [1.82, 2.24) is 0 Å². The smallest absolute Gasteiger partial charge is 0.342 e. The minimum Gasteiger partial charge on any atom is -0.507 e. The van der Waals surface area contributed by atoms with Crippen LogP contribution in [-0.4, -0.2) is 42.1 Å². The molecule has 2 aliphatic heterocycles. The van der Waals surface area contributed by atoms with Crippen molar-refractivity contribution in [1.29, 1.82) is 0 Å². The number of esters is 2. The summed E-state index contributed by atoms with van der Waals surface area (Å²) in [6.07, 6.45) is 6.46. The number of ketones is 1. The Morgan fingerprint density at radius 3 is 2.56 bits per heavy atom. The highest BCUT2D eigenvalue weighted by atomic mass is 16.5. The molecule has 2 atom stereocenters. The Bertz CT molecular complexity index is 1280. The standard InChI is InChI=1S/C31H36O8/c1-18(2)37-24-14-13-20(15-25(24)36-4)23-17-27(33)39-26-16-21-10-6-5-7-11-22(32)12-8-9-19(3)38-31(35)28(21)30(34)29(23)26/h6,10,13-16,18-19,23,34H,5,7-9,11-12,17H2,1-4H3/t19-,23?/m0/s1. The summed E-state index contributed by atoms with van der Waals surface area (Å²) in [5, 5.41) is 11.6. The zero-order chi connectivity index (χ0) is 28.1. The number of benzene rings is 2. The van der Waals surface area contributed by atoms with Crippen LogP contribution in [-0.2, 0) is 14.3 Å². The number of phenols is 1. The van der Waals surface area contributed by atoms with E-state index in [1.165, 1.54) is 7.11 Å². The topological polar surface area (TPSA) is 108 Å². The van der Waals surface area contributed by atoms with Gasteiger partial charge in [-0.1, -0.05) is 18.2 Å². The lowest BCUT2D eigenvalue weighted by Crippen LogP contribution is -2.23. The predicted molar refractivity (Wildman–Crippen MR) is 146 cm³/mol. The number of methoxy groups -OCH3 is 1. The van der Waals surface area contributed by atoms with Crippen molar-refractivity contribution in [2.24, 2.45) is 0 Å². The van der Waals surface area contributed by atoms with Crippen molar-refractivity contribution < 1.29 is 38.4 Å². The fourth-order valence-corrected chi connectivity index (χ4v) is 5.06. The lowest BCUT2D eigenvalue weighted by Gasteiger charge is -2.28. The first-order valence-electron chi connectivity index (χ1n) is 13.5. The largest absolute Gasteiger partial charge is 0.507 e. The van der Waals surface area contributed by atoms with E-state index in [0.717, 1.165) is 0 Å². The third kappa shape index (κ3) is 6.61. The van der Waals surface area contributed by atoms with Crippen molar-refractivity contribution in [2.45, 2.75) is 83.8 Å². The number of fused-ring (bicyclic) bond motifs is 2. The quantitative estimate of drug-likeness (QED) is 0.368. The fourth-order valence-electron chi connectivity index (χ4n) is 5.06. The van der Waals surface area contributed by atoms with E-state index < -0.39 is 24.0 Å². The van der Waals surface area contributed by atoms with Gasteiger partial charge in [0.1, 0.15) is 22.8 Å². The number of allylic oxidation sites excluding steroid dienone is 1. The molecule has 0 bridgehead atoms. The molecule has 8 nitrogen and oxygen atoms in total. The van der Waals surface area contributed by atoms with Gasteiger partial charge in [-0.15, -0.1) is 0 Å². The third-order valence-electron chi connectivity index (χ3n) is 6.93. The van der Waals surface area contributed by atoms with Gasteiger partial charge in [0.2, 0.25) is 0 Å². The number of cyclic esters (lactones) is 1. The molecule has 4 rings (SSSR count). The monoisotopic (exact) mass is 536 g/mol. The van der Waals surface area contributed by atoms with Crippen LogP contribution in [0.25, 0.3) is 6.08 Å². The number of hydrogen-bond acceptors (Lipinski definition) is 8. The molecular formula is C31H36O8. The summed E-state index contributed by atoms with van der Waals surface area (Å²) in [5.41, 5.74) is 1.47. The Labute approximate surface area is 228 Å². The molecule has 2 aromatic carbocycles. The molecule has 2 heterocycles. The SMILES string of the molecule is COc1cc(C2CC(=O)Oc3cc4c(c(O)c32)C(=O)O[C@@H](C)CCCC(=O)CCCC=C4)ccc1OC(C)C. The number of carbonyl (C=O) groups is 3. The molecule has 0 aliphatic carbocycles. The maximum atomic E-state index is 13.4. The molecular weight excluding hydrogens is 500 g/mol. The van der Waals surface area contributed by atoms with Crippen molar-refractivity contribution in [2.75, 3.05) is 7.11 Å². The van der Waals surface area contributed by atoms with E-state index >= 15 is 0 Å². The number of aromatic hydroxyl groups is 1. The first-order chi connectivity index (χ1) is 18.7. The van der Waals surface area contributed by atoms with E-state index in [-0.39, 0.29) is 35.4 Å². The molecule has 39 heavy (non-hydrogen) atoms. The van der Waals surface area contributed by atoms with Gasteiger partial charge < -0.3 is 24.1 Å². The van der Waals surface area contributed by atoms with E-state index in [0.29, 0.717) is 66.7 Å². The van der Waals surface area contributed by atoms with E-state index in [4.69, 9.17) is 18.9 Å². The summed E-state index contributed by atoms with van der Waals surface area (Å²) in [4.78, 5) is 38.1. The van der Waals surface area contributed by atoms with Gasteiger partial charge in [-0.05, 0) is 75.8 Å². The van der Waals surface area contributed by atoms with E-state index in [1.807, 2.05) is 26.0 Å². The lowest BCUT2D eigenvalue weighted by molar-refractivity contribution is -0.135. The van der Waals surface area contributed by atoms with Crippen LogP contribution in [0.15, 0.2) is 30.3 Å². The van der Waals surface area contributed by atoms with Crippen molar-refractivity contribution in [3.05, 3.63) is 52.6 Å². The van der Waals surface area contributed by atoms with Crippen LogP contribution in [0.1, 0.15) is 98.7 Å². The fraction of sp³-hybridized carbons (Fsp3) is 0.452. The van der Waals surface area contributed by atoms with E-state index in [1.54, 1.807) is 31.2 Å². The molecule has 2 aromatic rings. The number of rotatable bonds is 4. The predicted octanol–water partition coefficient (Wildman–Crippen LogP) is 6.11. The van der Waals surface area contributed by atoms with Gasteiger partial charge in [-0.2, -0.15) is 0 Å². The molecule has 1 N–H and O–H groups in total. The Morgan fingerprint density at radius 2 is 1.82 bits per heavy atom. The first-order valence-corrected chi connectivity index (χ1v) is 13.5. The van der Waals surface area contributed by atoms with Crippen LogP contribution >= 0.6 is 0 Å². The second-order valence-corrected chi connectivity index (χ2v) is 10.4. The van der Waals surface area contributed by atoms with Gasteiger partial charge in [0.25, 0.3) is 0 Å². The van der Waals surface area contributed by atoms with Gasteiger partial charge in [0, 0.05) is 24.3 Å². The highest BCUT2D eigenvalue weighted by molar-refractivity contribution is 5.98. The molecule has 2 aliphatic rings. The molecule has 1 unspecified atom stereocenters. The highest BCUT2D eigenvalue weighted by Gasteiger charge is 2.36. The number of carbonyl (C=O) groups excluding carboxylic acids is 3. The summed E-state index contributed by atoms with van der Waals surface area (Å²) < 4.78 is 22.6. The molecule has 0 aromatic heterocycles. The van der Waals surface area contributed by atoms with Crippen LogP contribution in [0.5, 0.6) is 23.0 Å². The summed E-state index contributed by atoms with van der Waals surface area (Å²) in [7, 11) is 1.54. The number of phenolic OH excluding ortho intramolecular Hbond substituents is 1. The van der Waals surface area contributed by atoms with Crippen molar-refractivity contribution in [3.8, 4) is 23.0 Å². The summed E-state index contributed by atoms with van der Waals surface area (Å²) >= 11 is 0. The number of Topliss-reactive ketones (excluding diaryl/α,β-unsaturated/α-hetero) is 1. The number of hydrogen-bond donors (Lipinski definition) is 1. The maximum Gasteiger partial charge on any atom is 0.342 e. The summed E-state index contributed by atoms with van der Waals surface area (Å²) in [6.45, 7) is 5.60. The average Bonchev–Trinajstić information content (AvgIpc) is 2.87. The van der Waals surface area contributed by atoms with Crippen LogP contribution in [0.2, 0.25) is 0 Å². The molecule has 0 amide bonds. The maximum absolute atomic E-state index is 13.4. The molecule has 0 radical (unpaired) electrons. The Balaban J connectivity index is 1.80. The Morgan fingerprint density at radius 1 is 1.05 bits per heavy atom. The minimum atomic E-state index is -0.667. The first kappa shape index (κ1) is 28.2. The number of ether oxygens (including phenoxy) is 4. The minimum absolute atomic E-state index is 0.0256. The van der Waals surface area contributed by atoms with Crippen LogP contribution in [0.3, 0.4) is 0 Å². The summed E-state index contributed by atoms with van der Waals surface area (Å²) in [6, 6.07) is 6.97. The molecule has 8 heteroatoms. The molecule has 0 saturated carbocycles. The molecule has 0 spiro atoms. The Kier molecular flexibility index (Phi) is 8.94. The second kappa shape index (κ2) is 12.4. The van der Waals surface area contributed by atoms with Crippen molar-refractivity contribution in [3.63, 3.8) is 0 Å². The molecule has 208 valence electrons. The van der Waals surface area contributed by atoms with Gasteiger partial charge in [0.15, 0.2) is 11.5 Å². The summed E-state index contributed by atoms with van der Waals surface area (Å²) in [5.74, 6) is -0.526. The molecule has 0 saturated heterocycles. The van der Waals surface area contributed by atoms with Crippen LogP contribution in [0.4, 0.5) is 0 Å². The van der Waals surface area contributed by atoms with E-state index in [9.17, 15) is 19.5 Å².